The van der Waals surface area contributed by atoms with E-state index in [1.807, 2.05) is 0 Å². The molecule has 1 heterocycles. The van der Waals surface area contributed by atoms with Crippen LogP contribution in [0.25, 0.3) is 0 Å². The molecule has 1 unspecified atom stereocenters. The highest BCUT2D eigenvalue weighted by Crippen LogP contribution is 2.18. The van der Waals surface area contributed by atoms with Crippen molar-refractivity contribution in [2.24, 2.45) is 0 Å². The number of hydrogen-bond donors (Lipinski definition) is 4. The summed E-state index contributed by atoms with van der Waals surface area (Å²) in [5.74, 6) is 0.106. The Kier molecular flexibility index (Phi) is 5.64. The number of guanidine groups is 1. The number of urea groups is 1. The fraction of sp³-hybridized carbons (Fsp3) is 0.857. The van der Waals surface area contributed by atoms with E-state index < -0.39 is 0 Å². The summed E-state index contributed by atoms with van der Waals surface area (Å²) >= 11 is 0. The molecule has 2 fully saturated rings. The van der Waals surface area contributed by atoms with Crippen molar-refractivity contribution in [1.29, 1.82) is 5.41 Å². The second-order valence-electron chi connectivity index (χ2n) is 5.91. The molecule has 0 aromatic heterocycles. The number of rotatable bonds is 5. The first-order valence-electron chi connectivity index (χ1n) is 7.79. The van der Waals surface area contributed by atoms with Gasteiger partial charge in [-0.2, -0.15) is 0 Å². The SMILES string of the molecule is CC(CCNC(=O)NC(=N)NC1CC1)N1CCCCC1. The maximum atomic E-state index is 11.6. The third-order valence-electron chi connectivity index (χ3n) is 4.03. The van der Waals surface area contributed by atoms with E-state index in [1.165, 1.54) is 32.4 Å². The van der Waals surface area contributed by atoms with Gasteiger partial charge in [0.1, 0.15) is 0 Å². The number of likely N-dealkylation sites (tertiary alicyclic amines) is 1. The minimum Gasteiger partial charge on any atom is -0.353 e. The molecule has 2 amide bonds. The standard InChI is InChI=1S/C14H27N5O/c1-11(19-9-3-2-4-10-19)7-8-16-14(20)18-13(15)17-12-5-6-12/h11-12H,2-10H2,1H3,(H4,15,16,17,18,20). The van der Waals surface area contributed by atoms with Gasteiger partial charge in [0.05, 0.1) is 0 Å². The Morgan fingerprint density at radius 1 is 1.30 bits per heavy atom. The average Bonchev–Trinajstić information content (AvgIpc) is 3.23. The van der Waals surface area contributed by atoms with Crippen LogP contribution >= 0.6 is 0 Å². The third-order valence-corrected chi connectivity index (χ3v) is 4.03. The molecule has 2 rings (SSSR count). The number of piperidine rings is 1. The molecule has 0 bridgehead atoms. The first kappa shape index (κ1) is 15.1. The smallest absolute Gasteiger partial charge is 0.321 e. The summed E-state index contributed by atoms with van der Waals surface area (Å²) in [6.07, 6.45) is 7.08. The summed E-state index contributed by atoms with van der Waals surface area (Å²) in [6.45, 7) is 5.24. The van der Waals surface area contributed by atoms with Crippen LogP contribution in [0, 0.1) is 5.41 Å². The average molecular weight is 281 g/mol. The summed E-state index contributed by atoms with van der Waals surface area (Å²) in [5, 5.41) is 15.9. The number of amides is 2. The van der Waals surface area contributed by atoms with E-state index >= 15 is 0 Å². The molecular weight excluding hydrogens is 254 g/mol. The monoisotopic (exact) mass is 281 g/mol. The summed E-state index contributed by atoms with van der Waals surface area (Å²) in [7, 11) is 0. The maximum absolute atomic E-state index is 11.6. The molecule has 0 aromatic rings. The number of carbonyl (C=O) groups is 1. The fourth-order valence-corrected chi connectivity index (χ4v) is 2.56. The lowest BCUT2D eigenvalue weighted by molar-refractivity contribution is 0.166. The Morgan fingerprint density at radius 2 is 2.00 bits per heavy atom. The molecule has 0 spiro atoms. The molecule has 20 heavy (non-hydrogen) atoms. The van der Waals surface area contributed by atoms with Crippen LogP contribution in [-0.4, -0.2) is 48.6 Å². The van der Waals surface area contributed by atoms with Crippen molar-refractivity contribution < 1.29 is 4.79 Å². The molecular formula is C14H27N5O. The fourth-order valence-electron chi connectivity index (χ4n) is 2.56. The number of nitrogens with zero attached hydrogens (tertiary/aromatic N) is 1. The van der Waals surface area contributed by atoms with Crippen molar-refractivity contribution in [1.82, 2.24) is 20.9 Å². The van der Waals surface area contributed by atoms with E-state index in [0.29, 0.717) is 18.6 Å². The van der Waals surface area contributed by atoms with Crippen LogP contribution in [0.5, 0.6) is 0 Å². The molecule has 1 aliphatic heterocycles. The van der Waals surface area contributed by atoms with Crippen molar-refractivity contribution in [3.8, 4) is 0 Å². The minimum absolute atomic E-state index is 0.106. The Labute approximate surface area is 121 Å². The number of hydrogen-bond acceptors (Lipinski definition) is 3. The van der Waals surface area contributed by atoms with Gasteiger partial charge in [-0.05, 0) is 52.1 Å². The van der Waals surface area contributed by atoms with Crippen LogP contribution in [0.3, 0.4) is 0 Å². The molecule has 4 N–H and O–H groups in total. The molecule has 0 aromatic carbocycles. The first-order chi connectivity index (χ1) is 9.65. The Morgan fingerprint density at radius 3 is 2.65 bits per heavy atom. The van der Waals surface area contributed by atoms with E-state index in [-0.39, 0.29) is 12.0 Å². The minimum atomic E-state index is -0.283. The lowest BCUT2D eigenvalue weighted by Crippen LogP contribution is -2.47. The van der Waals surface area contributed by atoms with Crippen LogP contribution in [0.2, 0.25) is 0 Å². The maximum Gasteiger partial charge on any atom is 0.321 e. The van der Waals surface area contributed by atoms with Gasteiger partial charge >= 0.3 is 6.03 Å². The highest BCUT2D eigenvalue weighted by molar-refractivity contribution is 5.94. The largest absolute Gasteiger partial charge is 0.353 e. The van der Waals surface area contributed by atoms with E-state index in [2.05, 4.69) is 27.8 Å². The zero-order valence-electron chi connectivity index (χ0n) is 12.4. The quantitative estimate of drug-likeness (QED) is 0.452. The molecule has 2 aliphatic rings. The van der Waals surface area contributed by atoms with Crippen molar-refractivity contribution >= 4 is 12.0 Å². The second-order valence-corrected chi connectivity index (χ2v) is 5.91. The highest BCUT2D eigenvalue weighted by atomic mass is 16.2. The lowest BCUT2D eigenvalue weighted by atomic mass is 10.1. The van der Waals surface area contributed by atoms with Gasteiger partial charge in [-0.25, -0.2) is 4.79 Å². The third kappa shape index (κ3) is 5.36. The van der Waals surface area contributed by atoms with Gasteiger partial charge in [-0.1, -0.05) is 6.42 Å². The zero-order valence-corrected chi connectivity index (χ0v) is 12.4. The molecule has 0 radical (unpaired) electrons. The molecule has 6 nitrogen and oxygen atoms in total. The van der Waals surface area contributed by atoms with E-state index in [0.717, 1.165) is 19.3 Å². The summed E-state index contributed by atoms with van der Waals surface area (Å²) in [5.41, 5.74) is 0. The van der Waals surface area contributed by atoms with Gasteiger partial charge < -0.3 is 15.5 Å². The number of carbonyl (C=O) groups excluding carboxylic acids is 1. The Bertz CT molecular complexity index is 336. The summed E-state index contributed by atoms with van der Waals surface area (Å²) < 4.78 is 0. The Balaban J connectivity index is 1.54. The number of nitrogens with one attached hydrogen (secondary N) is 4. The summed E-state index contributed by atoms with van der Waals surface area (Å²) in [4.78, 5) is 14.1. The molecule has 1 aliphatic carbocycles. The van der Waals surface area contributed by atoms with Gasteiger partial charge in [0.25, 0.3) is 0 Å². The van der Waals surface area contributed by atoms with Crippen LogP contribution in [-0.2, 0) is 0 Å². The zero-order chi connectivity index (χ0) is 14.4. The van der Waals surface area contributed by atoms with Crippen molar-refractivity contribution in [2.75, 3.05) is 19.6 Å². The lowest BCUT2D eigenvalue weighted by Gasteiger charge is -2.32. The predicted molar refractivity (Wildman–Crippen MR) is 79.9 cm³/mol. The highest BCUT2D eigenvalue weighted by Gasteiger charge is 2.22. The van der Waals surface area contributed by atoms with Crippen LogP contribution in [0.4, 0.5) is 4.79 Å². The van der Waals surface area contributed by atoms with Gasteiger partial charge in [-0.15, -0.1) is 0 Å². The topological polar surface area (TPSA) is 80.2 Å². The molecule has 114 valence electrons. The normalized spacial score (nSPS) is 21.1. The molecule has 6 heteroatoms. The van der Waals surface area contributed by atoms with Crippen LogP contribution < -0.4 is 16.0 Å². The van der Waals surface area contributed by atoms with Gasteiger partial charge in [0, 0.05) is 18.6 Å². The van der Waals surface area contributed by atoms with E-state index in [9.17, 15) is 4.79 Å². The van der Waals surface area contributed by atoms with Gasteiger partial charge in [-0.3, -0.25) is 10.7 Å². The van der Waals surface area contributed by atoms with Gasteiger partial charge in [0.2, 0.25) is 0 Å². The first-order valence-corrected chi connectivity index (χ1v) is 7.79. The molecule has 1 atom stereocenters. The summed E-state index contributed by atoms with van der Waals surface area (Å²) in [6, 6.07) is 0.621. The Hall–Kier alpha value is -1.30. The van der Waals surface area contributed by atoms with E-state index in [1.54, 1.807) is 0 Å². The van der Waals surface area contributed by atoms with Crippen molar-refractivity contribution in [2.45, 2.75) is 57.5 Å². The second kappa shape index (κ2) is 7.47. The predicted octanol–water partition coefficient (Wildman–Crippen LogP) is 1.24. The van der Waals surface area contributed by atoms with Crippen molar-refractivity contribution in [3.05, 3.63) is 0 Å². The van der Waals surface area contributed by atoms with Crippen LogP contribution in [0.15, 0.2) is 0 Å². The molecule has 1 saturated heterocycles. The van der Waals surface area contributed by atoms with Crippen molar-refractivity contribution in [3.63, 3.8) is 0 Å². The van der Waals surface area contributed by atoms with Crippen LogP contribution in [0.1, 0.15) is 45.4 Å². The molecule has 1 saturated carbocycles. The van der Waals surface area contributed by atoms with Gasteiger partial charge in [0.15, 0.2) is 5.96 Å². The van der Waals surface area contributed by atoms with E-state index in [4.69, 9.17) is 5.41 Å².